The summed E-state index contributed by atoms with van der Waals surface area (Å²) in [5.41, 5.74) is -0.0650. The number of thiazole rings is 1. The Kier molecular flexibility index (Phi) is 7.37. The van der Waals surface area contributed by atoms with Crippen molar-refractivity contribution < 1.29 is 14.6 Å². The summed E-state index contributed by atoms with van der Waals surface area (Å²) in [5.74, 6) is -0.655. The van der Waals surface area contributed by atoms with Gasteiger partial charge in [0.2, 0.25) is 0 Å². The Labute approximate surface area is 166 Å². The standard InChI is InChI=1S/C19H22N4O4S/c1-4-23-17(24)16(28-18(23)15(11-20)19(25)26)12-21-13-6-5-7-14(10-13)27-9-8-22(2)3/h5-7,10,12,21H,4,8-9H2,1-3H3,(H,25,26)/b16-12+,18-15-. The topological polar surface area (TPSA) is 108 Å². The Bertz CT molecular complexity index is 1060. The molecule has 0 radical (unpaired) electrons. The largest absolute Gasteiger partial charge is 0.492 e. The van der Waals surface area contributed by atoms with Crippen LogP contribution in [0.3, 0.4) is 0 Å². The van der Waals surface area contributed by atoms with Crippen molar-refractivity contribution in [1.29, 1.82) is 5.26 Å². The van der Waals surface area contributed by atoms with Gasteiger partial charge in [-0.05, 0) is 33.2 Å². The molecule has 2 aromatic rings. The second kappa shape index (κ2) is 9.73. The maximum Gasteiger partial charge on any atom is 0.349 e. The number of aliphatic carboxylic acids is 1. The van der Waals surface area contributed by atoms with Crippen LogP contribution in [0, 0.1) is 11.3 Å². The number of carboxylic acid groups (broad SMARTS) is 1. The van der Waals surface area contributed by atoms with Gasteiger partial charge in [0.15, 0.2) is 5.57 Å². The first-order chi connectivity index (χ1) is 13.4. The summed E-state index contributed by atoms with van der Waals surface area (Å²) in [6.07, 6.45) is 1.51. The van der Waals surface area contributed by atoms with Gasteiger partial charge in [0.1, 0.15) is 27.6 Å². The Hall–Kier alpha value is -3.09. The number of anilines is 1. The van der Waals surface area contributed by atoms with Crippen molar-refractivity contribution in [3.8, 4) is 11.8 Å². The molecule has 0 unspecified atom stereocenters. The lowest BCUT2D eigenvalue weighted by Gasteiger charge is -2.11. The third-order valence-electron chi connectivity index (χ3n) is 3.77. The molecule has 1 heterocycles. The first kappa shape index (κ1) is 21.2. The number of benzene rings is 1. The maximum atomic E-state index is 12.5. The smallest absolute Gasteiger partial charge is 0.349 e. The van der Waals surface area contributed by atoms with Gasteiger partial charge in [0, 0.05) is 31.0 Å². The molecule has 9 heteroatoms. The van der Waals surface area contributed by atoms with Gasteiger partial charge in [0.25, 0.3) is 5.56 Å². The number of ether oxygens (including phenoxy) is 1. The van der Waals surface area contributed by atoms with E-state index in [1.165, 1.54) is 10.8 Å². The first-order valence-electron chi connectivity index (χ1n) is 8.59. The Balaban J connectivity index is 2.33. The predicted octanol–water partition coefficient (Wildman–Crippen LogP) is 0.479. The predicted molar refractivity (Wildman–Crippen MR) is 109 cm³/mol. The van der Waals surface area contributed by atoms with Crippen molar-refractivity contribution in [2.24, 2.45) is 0 Å². The molecule has 1 aromatic heterocycles. The summed E-state index contributed by atoms with van der Waals surface area (Å²) in [4.78, 5) is 25.8. The number of nitrogens with one attached hydrogen (secondary N) is 1. The summed E-state index contributed by atoms with van der Waals surface area (Å²) >= 11 is 0.968. The van der Waals surface area contributed by atoms with Gasteiger partial charge in [-0.15, -0.1) is 11.3 Å². The molecule has 0 saturated heterocycles. The SMILES string of the molecule is CCn1c(=O)/c(=C\Nc2cccc(OCCN(C)C)c2)s/c1=C(/C#N)C(=O)O. The van der Waals surface area contributed by atoms with E-state index < -0.39 is 11.5 Å². The van der Waals surface area contributed by atoms with Crippen molar-refractivity contribution in [1.82, 2.24) is 9.47 Å². The Morgan fingerprint density at radius 1 is 1.46 bits per heavy atom. The molecular weight excluding hydrogens is 380 g/mol. The molecule has 0 aliphatic heterocycles. The van der Waals surface area contributed by atoms with Crippen LogP contribution >= 0.6 is 11.3 Å². The van der Waals surface area contributed by atoms with E-state index in [1.54, 1.807) is 13.0 Å². The summed E-state index contributed by atoms with van der Waals surface area (Å²) in [6, 6.07) is 8.96. The number of hydrogen-bond donors (Lipinski definition) is 2. The average Bonchev–Trinajstić information content (AvgIpc) is 2.95. The minimum Gasteiger partial charge on any atom is -0.492 e. The summed E-state index contributed by atoms with van der Waals surface area (Å²) in [7, 11) is 3.93. The maximum absolute atomic E-state index is 12.5. The van der Waals surface area contributed by atoms with Gasteiger partial charge in [-0.1, -0.05) is 6.07 Å². The van der Waals surface area contributed by atoms with Crippen LogP contribution in [0.15, 0.2) is 29.1 Å². The lowest BCUT2D eigenvalue weighted by atomic mass is 10.3. The molecule has 0 saturated carbocycles. The van der Waals surface area contributed by atoms with Gasteiger partial charge in [-0.25, -0.2) is 4.79 Å². The van der Waals surface area contributed by atoms with E-state index in [1.807, 2.05) is 43.3 Å². The molecule has 0 aliphatic carbocycles. The van der Waals surface area contributed by atoms with Crippen molar-refractivity contribution >= 4 is 34.8 Å². The molecule has 8 nitrogen and oxygen atoms in total. The highest BCUT2D eigenvalue weighted by Gasteiger charge is 2.13. The minimum absolute atomic E-state index is 0.135. The van der Waals surface area contributed by atoms with Gasteiger partial charge in [-0.3, -0.25) is 9.36 Å². The Morgan fingerprint density at radius 2 is 2.21 bits per heavy atom. The zero-order chi connectivity index (χ0) is 20.7. The lowest BCUT2D eigenvalue weighted by molar-refractivity contribution is -0.130. The van der Waals surface area contributed by atoms with Crippen LogP contribution in [0.1, 0.15) is 6.92 Å². The monoisotopic (exact) mass is 402 g/mol. The highest BCUT2D eigenvalue weighted by Crippen LogP contribution is 2.17. The fraction of sp³-hybridized carbons (Fsp3) is 0.316. The molecule has 2 rings (SSSR count). The van der Waals surface area contributed by atoms with Crippen molar-refractivity contribution in [2.75, 3.05) is 32.6 Å². The first-order valence-corrected chi connectivity index (χ1v) is 9.40. The minimum atomic E-state index is -1.35. The van der Waals surface area contributed by atoms with E-state index in [2.05, 4.69) is 5.32 Å². The van der Waals surface area contributed by atoms with E-state index in [0.29, 0.717) is 16.9 Å². The van der Waals surface area contributed by atoms with Gasteiger partial charge in [0.05, 0.1) is 0 Å². The number of carbonyl (C=O) groups is 1. The third-order valence-corrected chi connectivity index (χ3v) is 4.90. The highest BCUT2D eigenvalue weighted by molar-refractivity contribution is 7.07. The molecular formula is C19H22N4O4S. The van der Waals surface area contributed by atoms with Crippen LogP contribution in [0.4, 0.5) is 5.69 Å². The number of rotatable bonds is 8. The van der Waals surface area contributed by atoms with E-state index in [9.17, 15) is 14.7 Å². The second-order valence-corrected chi connectivity index (χ2v) is 7.11. The van der Waals surface area contributed by atoms with Crippen LogP contribution in [-0.2, 0) is 11.3 Å². The van der Waals surface area contributed by atoms with Crippen LogP contribution in [-0.4, -0.2) is 47.8 Å². The van der Waals surface area contributed by atoms with Crippen molar-refractivity contribution in [3.63, 3.8) is 0 Å². The average molecular weight is 402 g/mol. The molecule has 1 aromatic carbocycles. The van der Waals surface area contributed by atoms with Gasteiger partial charge < -0.3 is 20.1 Å². The number of aromatic nitrogens is 1. The van der Waals surface area contributed by atoms with E-state index >= 15 is 0 Å². The lowest BCUT2D eigenvalue weighted by Crippen LogP contribution is -2.32. The molecule has 0 fully saturated rings. The summed E-state index contributed by atoms with van der Waals surface area (Å²) in [5, 5.41) is 21.3. The molecule has 0 atom stereocenters. The summed E-state index contributed by atoms with van der Waals surface area (Å²) in [6.45, 7) is 3.34. The molecule has 148 valence electrons. The highest BCUT2D eigenvalue weighted by atomic mass is 32.1. The van der Waals surface area contributed by atoms with E-state index in [0.717, 1.165) is 23.6 Å². The number of likely N-dealkylation sites (N-methyl/N-ethyl adjacent to an activating group) is 1. The number of nitrogens with zero attached hydrogens (tertiary/aromatic N) is 3. The number of hydrogen-bond acceptors (Lipinski definition) is 7. The molecule has 0 aliphatic rings. The zero-order valence-corrected chi connectivity index (χ0v) is 16.7. The van der Waals surface area contributed by atoms with Crippen molar-refractivity contribution in [3.05, 3.63) is 43.8 Å². The molecule has 0 amide bonds. The molecule has 28 heavy (non-hydrogen) atoms. The normalized spacial score (nSPS) is 12.6. The van der Waals surface area contributed by atoms with E-state index in [-0.39, 0.29) is 16.8 Å². The molecule has 2 N–H and O–H groups in total. The number of carboxylic acids is 1. The van der Waals surface area contributed by atoms with Crippen LogP contribution in [0.5, 0.6) is 5.75 Å². The number of nitriles is 1. The molecule has 0 bridgehead atoms. The fourth-order valence-electron chi connectivity index (χ4n) is 2.35. The quantitative estimate of drug-likeness (QED) is 0.661. The van der Waals surface area contributed by atoms with Gasteiger partial charge in [-0.2, -0.15) is 5.26 Å². The van der Waals surface area contributed by atoms with Gasteiger partial charge >= 0.3 is 5.97 Å². The third kappa shape index (κ3) is 5.22. The van der Waals surface area contributed by atoms with Crippen molar-refractivity contribution in [2.45, 2.75) is 13.5 Å². The summed E-state index contributed by atoms with van der Waals surface area (Å²) < 4.78 is 7.41. The van der Waals surface area contributed by atoms with Crippen LogP contribution < -0.4 is 24.8 Å². The van der Waals surface area contributed by atoms with Crippen LogP contribution in [0.25, 0.3) is 11.8 Å². The second-order valence-electron chi connectivity index (χ2n) is 6.08. The molecule has 0 spiro atoms. The Morgan fingerprint density at radius 3 is 2.82 bits per heavy atom. The van der Waals surface area contributed by atoms with Crippen LogP contribution in [0.2, 0.25) is 0 Å². The van der Waals surface area contributed by atoms with E-state index in [4.69, 9.17) is 10.00 Å². The fourth-order valence-corrected chi connectivity index (χ4v) is 3.43. The zero-order valence-electron chi connectivity index (χ0n) is 15.9.